The number of aliphatic carboxylic acids is 1. The van der Waals surface area contributed by atoms with Gasteiger partial charge in [0.25, 0.3) is 5.91 Å². The molecule has 2 fully saturated rings. The number of hydrogen-bond donors (Lipinski definition) is 9. The van der Waals surface area contributed by atoms with E-state index in [1.807, 2.05) is 42.3 Å². The van der Waals surface area contributed by atoms with Crippen LogP contribution in [0.2, 0.25) is 0 Å². The Morgan fingerprint density at radius 3 is 1.74 bits per heavy atom. The first kappa shape index (κ1) is 44.9. The van der Waals surface area contributed by atoms with E-state index in [1.165, 1.54) is 0 Å². The van der Waals surface area contributed by atoms with Crippen LogP contribution in [0.4, 0.5) is 0 Å². The van der Waals surface area contributed by atoms with E-state index < -0.39 is 108 Å². The number of quaternary nitrogens is 2. The van der Waals surface area contributed by atoms with Crippen molar-refractivity contribution in [1.82, 2.24) is 5.32 Å². The van der Waals surface area contributed by atoms with E-state index in [9.17, 15) is 59.1 Å². The molecule has 2 saturated heterocycles. The smallest absolute Gasteiger partial charge is 0.335 e. The summed E-state index contributed by atoms with van der Waals surface area (Å²) in [6.07, 6.45) is -20.3. The van der Waals surface area contributed by atoms with Gasteiger partial charge in [-0.15, -0.1) is 0 Å². The summed E-state index contributed by atoms with van der Waals surface area (Å²) >= 11 is 0. The minimum Gasteiger partial charge on any atom is -0.479 e. The molecule has 0 aliphatic carbocycles. The Morgan fingerprint density at radius 1 is 0.700 bits per heavy atom. The van der Waals surface area contributed by atoms with Gasteiger partial charge in [-0.1, -0.05) is 0 Å². The zero-order chi connectivity index (χ0) is 38.2. The summed E-state index contributed by atoms with van der Waals surface area (Å²) in [5.74, 6) is -2.80. The number of amides is 1. The van der Waals surface area contributed by atoms with Crippen molar-refractivity contribution in [2.75, 3.05) is 94.1 Å². The Hall–Kier alpha value is -1.24. The Kier molecular flexibility index (Phi) is 16.8. The van der Waals surface area contributed by atoms with E-state index in [0.717, 1.165) is 0 Å². The fraction of sp³-hybridized carbons (Fsp3) is 0.923. The molecule has 24 heteroatoms. The number of aliphatic hydroxyl groups is 5. The fourth-order valence-corrected chi connectivity index (χ4v) is 7.09. The highest BCUT2D eigenvalue weighted by atomic mass is 31.2. The van der Waals surface area contributed by atoms with Gasteiger partial charge in [0, 0.05) is 6.54 Å². The zero-order valence-electron chi connectivity index (χ0n) is 28.8. The lowest BCUT2D eigenvalue weighted by Gasteiger charge is -2.42. The van der Waals surface area contributed by atoms with Crippen LogP contribution in [0.25, 0.3) is 0 Å². The van der Waals surface area contributed by atoms with Crippen molar-refractivity contribution in [3.8, 4) is 0 Å². The van der Waals surface area contributed by atoms with Crippen LogP contribution in [0, 0.1) is 0 Å². The van der Waals surface area contributed by atoms with Crippen molar-refractivity contribution in [2.45, 2.75) is 61.4 Å². The summed E-state index contributed by atoms with van der Waals surface area (Å²) in [7, 11) is 2.83. The van der Waals surface area contributed by atoms with Crippen LogP contribution in [-0.4, -0.2) is 217 Å². The molecule has 0 bridgehead atoms. The largest absolute Gasteiger partial charge is 0.479 e. The van der Waals surface area contributed by atoms with E-state index >= 15 is 0 Å². The van der Waals surface area contributed by atoms with Crippen LogP contribution < -0.4 is 5.32 Å². The lowest BCUT2D eigenvalue weighted by molar-refractivity contribution is -0.867. The number of aliphatic hydroxyl groups excluding tert-OH is 5. The number of rotatable bonds is 20. The number of carbonyl (C=O) groups is 2. The summed E-state index contributed by atoms with van der Waals surface area (Å²) in [4.78, 5) is 55.0. The lowest BCUT2D eigenvalue weighted by atomic mass is 9.98. The normalized spacial score (nSPS) is 33.3. The summed E-state index contributed by atoms with van der Waals surface area (Å²) in [6.45, 7) is -1.14. The molecule has 2 heterocycles. The second kappa shape index (κ2) is 18.7. The first-order chi connectivity index (χ1) is 22.8. The van der Waals surface area contributed by atoms with Crippen molar-refractivity contribution in [3.05, 3.63) is 0 Å². The van der Waals surface area contributed by atoms with Gasteiger partial charge in [-0.3, -0.25) is 13.9 Å². The highest BCUT2D eigenvalue weighted by Crippen LogP contribution is 2.42. The second-order valence-corrected chi connectivity index (χ2v) is 17.8. The quantitative estimate of drug-likeness (QED) is 0.0185. The van der Waals surface area contributed by atoms with Gasteiger partial charge in [0.2, 0.25) is 6.29 Å². The molecule has 0 saturated carbocycles. The second-order valence-electron chi connectivity index (χ2n) is 13.9. The van der Waals surface area contributed by atoms with E-state index in [2.05, 4.69) is 5.32 Å². The van der Waals surface area contributed by atoms with Crippen molar-refractivity contribution >= 4 is 27.1 Å². The summed E-state index contributed by atoms with van der Waals surface area (Å²) in [5, 5.41) is 63.5. The monoisotopic (exact) mass is 773 g/mol. The van der Waals surface area contributed by atoms with E-state index in [4.69, 9.17) is 33.0 Å². The van der Waals surface area contributed by atoms with Crippen LogP contribution in [0.15, 0.2) is 0 Å². The van der Waals surface area contributed by atoms with Gasteiger partial charge in [-0.05, 0) is 0 Å². The minimum absolute atomic E-state index is 0.158. The first-order valence-electron chi connectivity index (χ1n) is 15.5. The summed E-state index contributed by atoms with van der Waals surface area (Å²) < 4.78 is 51.2. The maximum atomic E-state index is 13.0. The van der Waals surface area contributed by atoms with Gasteiger partial charge >= 0.3 is 21.2 Å². The molecule has 0 aromatic heterocycles. The molecule has 0 aromatic rings. The van der Waals surface area contributed by atoms with Gasteiger partial charge in [-0.25, -0.2) is 14.6 Å². The number of nitrogens with one attached hydrogen (secondary N) is 1. The van der Waals surface area contributed by atoms with Crippen molar-refractivity contribution in [2.24, 2.45) is 0 Å². The zero-order valence-corrected chi connectivity index (χ0v) is 30.6. The van der Waals surface area contributed by atoms with E-state index in [1.54, 1.807) is 0 Å². The molecule has 50 heavy (non-hydrogen) atoms. The van der Waals surface area contributed by atoms with E-state index in [-0.39, 0.29) is 18.9 Å². The van der Waals surface area contributed by atoms with Gasteiger partial charge in [-0.2, -0.15) is 0 Å². The van der Waals surface area contributed by atoms with Crippen LogP contribution in [0.1, 0.15) is 0 Å². The third kappa shape index (κ3) is 14.6. The molecule has 2 aliphatic rings. The molecule has 9 N–H and O–H groups in total. The van der Waals surface area contributed by atoms with Gasteiger partial charge in [0.1, 0.15) is 30.5 Å². The highest BCUT2D eigenvalue weighted by Gasteiger charge is 2.52. The molecule has 2 rings (SSSR count). The molecule has 294 valence electrons. The summed E-state index contributed by atoms with van der Waals surface area (Å²) in [5.41, 5.74) is 0. The standard InChI is InChI=1S/C26H51N3O19P2/c1-28(2,3)8-13-49(38,39)43-10-7-27-23(34)22-19(17(32)18(33)25(37)45-22)47-48-26-21(16(31)15(30)20(46-26)24(35)36)42-11-12-44-50(40,41)14-9-29(4,5)6/h15-22,25-26,30-33,37H,7-14H2,1-6H3,(H2-2,27,34,35,36,38,39,40,41)/p+2/t15-,16?,17?,18+,19-,20?,21+,22?,25+,26-/m0/s1. The van der Waals surface area contributed by atoms with E-state index in [0.29, 0.717) is 22.1 Å². The number of carboxylic acid groups (broad SMARTS) is 1. The maximum Gasteiger partial charge on any atom is 0.335 e. The predicted molar refractivity (Wildman–Crippen MR) is 167 cm³/mol. The molecule has 6 unspecified atom stereocenters. The number of carbonyl (C=O) groups excluding carboxylic acids is 1. The average Bonchev–Trinajstić information content (AvgIpc) is 2.99. The average molecular weight is 774 g/mol. The van der Waals surface area contributed by atoms with Crippen LogP contribution >= 0.6 is 15.2 Å². The first-order valence-corrected chi connectivity index (χ1v) is 19.1. The van der Waals surface area contributed by atoms with Gasteiger partial charge < -0.3 is 78.0 Å². The molecule has 0 aromatic carbocycles. The Morgan fingerprint density at radius 2 is 1.22 bits per heavy atom. The number of hydrogen-bond acceptors (Lipinski definition) is 16. The Balaban J connectivity index is 2.09. The minimum atomic E-state index is -4.05. The number of ether oxygens (including phenoxy) is 3. The van der Waals surface area contributed by atoms with Crippen LogP contribution in [0.5, 0.6) is 0 Å². The van der Waals surface area contributed by atoms with Crippen molar-refractivity contribution in [1.29, 1.82) is 0 Å². The van der Waals surface area contributed by atoms with Gasteiger partial charge in [0.05, 0.1) is 87.5 Å². The SMILES string of the molecule is C[N+](C)(C)CCP(=O)(O)OCCNC(=O)C1O[C@@H](O)[C@H](O)C(O)[C@@H]1OO[C@@H]1OC(C(=O)O)[C@@H](O)C(O)[C@H]1OCCOP(=O)(O)CC[N+](C)(C)C. The third-order valence-corrected chi connectivity index (χ3v) is 10.1. The maximum absolute atomic E-state index is 13.0. The molecule has 0 spiro atoms. The molecular formula is C26H53N3O19P2+2. The fourth-order valence-electron chi connectivity index (χ4n) is 4.39. The topological polar surface area (TPSA) is 307 Å². The number of nitrogens with zero attached hydrogens (tertiary/aromatic N) is 2. The lowest BCUT2D eigenvalue weighted by Crippen LogP contribution is -2.64. The third-order valence-electron chi connectivity index (χ3n) is 7.36. The highest BCUT2D eigenvalue weighted by molar-refractivity contribution is 7.53. The number of carboxylic acids is 1. The molecule has 1 amide bonds. The molecule has 2 aliphatic heterocycles. The molecule has 0 radical (unpaired) electrons. The van der Waals surface area contributed by atoms with Crippen LogP contribution in [-0.2, 0) is 51.8 Å². The Bertz CT molecular complexity index is 1200. The van der Waals surface area contributed by atoms with Crippen molar-refractivity contribution < 1.29 is 101 Å². The van der Waals surface area contributed by atoms with Crippen molar-refractivity contribution in [3.63, 3.8) is 0 Å². The molecule has 22 nitrogen and oxygen atoms in total. The van der Waals surface area contributed by atoms with Gasteiger partial charge in [0.15, 0.2) is 24.6 Å². The molecule has 12 atom stereocenters. The Labute approximate surface area is 289 Å². The van der Waals surface area contributed by atoms with Crippen LogP contribution in [0.3, 0.4) is 0 Å². The predicted octanol–water partition coefficient (Wildman–Crippen LogP) is -4.41. The summed E-state index contributed by atoms with van der Waals surface area (Å²) in [6, 6.07) is 0. The molecular weight excluding hydrogens is 720 g/mol.